The van der Waals surface area contributed by atoms with E-state index in [-0.39, 0.29) is 19.3 Å². The van der Waals surface area contributed by atoms with Crippen molar-refractivity contribution >= 4 is 40.7 Å². The molecule has 0 aliphatic rings. The Morgan fingerprint density at radius 1 is 1.16 bits per heavy atom. The van der Waals surface area contributed by atoms with Gasteiger partial charge >= 0.3 is 12.2 Å². The Bertz CT molecular complexity index is 1040. The van der Waals surface area contributed by atoms with Gasteiger partial charge in [0.15, 0.2) is 0 Å². The number of para-hydroxylation sites is 1. The molecule has 0 aliphatic heterocycles. The fraction of sp³-hybridized carbons (Fsp3) is 0.409. The average Bonchev–Trinajstić information content (AvgIpc) is 3.12. The summed E-state index contributed by atoms with van der Waals surface area (Å²) in [5, 5.41) is 6.12. The van der Waals surface area contributed by atoms with E-state index in [4.69, 9.17) is 10.3 Å². The topological polar surface area (TPSA) is 154 Å². The molecule has 0 fully saturated rings. The van der Waals surface area contributed by atoms with Crippen LogP contribution < -0.4 is 10.6 Å². The molecule has 0 saturated heterocycles. The number of carbonyl (C=O) groups is 4. The Hall–Kier alpha value is -3.78. The third kappa shape index (κ3) is 7.17. The number of esters is 1. The number of fused-ring (bicyclic) bond motifs is 1. The highest BCUT2D eigenvalue weighted by Gasteiger charge is 2.29. The molecule has 1 heterocycles. The Morgan fingerprint density at radius 2 is 1.88 bits per heavy atom. The molecule has 2 rings (SSSR count). The van der Waals surface area contributed by atoms with Crippen molar-refractivity contribution in [3.63, 3.8) is 0 Å². The first-order valence-electron chi connectivity index (χ1n) is 10.2. The van der Waals surface area contributed by atoms with E-state index in [2.05, 4.69) is 20.4 Å². The number of nitrogens with zero attached hydrogens (tertiary/aromatic N) is 2. The lowest BCUT2D eigenvalue weighted by Gasteiger charge is -2.23. The molecule has 0 spiro atoms. The third-order valence-electron chi connectivity index (χ3n) is 4.63. The second-order valence-corrected chi connectivity index (χ2v) is 7.61. The van der Waals surface area contributed by atoms with Crippen LogP contribution in [0, 0.1) is 0 Å². The summed E-state index contributed by atoms with van der Waals surface area (Å²) in [5.41, 5.74) is 10.2. The van der Waals surface area contributed by atoms with Crippen LogP contribution in [0.2, 0.25) is 0 Å². The molecule has 0 saturated carbocycles. The number of ether oxygens (including phenoxy) is 1. The van der Waals surface area contributed by atoms with Gasteiger partial charge < -0.3 is 25.9 Å². The van der Waals surface area contributed by atoms with E-state index in [9.17, 15) is 19.2 Å². The summed E-state index contributed by atoms with van der Waals surface area (Å²) in [5.74, 6) is -2.20. The summed E-state index contributed by atoms with van der Waals surface area (Å²) < 4.78 is 5.19. The van der Waals surface area contributed by atoms with E-state index in [1.165, 1.54) is 6.92 Å². The summed E-state index contributed by atoms with van der Waals surface area (Å²) in [4.78, 5) is 54.7. The van der Waals surface area contributed by atoms with E-state index in [1.807, 2.05) is 24.3 Å². The number of rotatable bonds is 11. The summed E-state index contributed by atoms with van der Waals surface area (Å²) in [6.07, 6.45) is 2.07. The second-order valence-electron chi connectivity index (χ2n) is 7.61. The van der Waals surface area contributed by atoms with Gasteiger partial charge in [0.2, 0.25) is 17.6 Å². The standard InChI is InChI=1S/C22H27N5O5/c1-13(2)32-22(31)19(9-8-16(29)12-25-23)27-21(30)20(26-14(3)28)10-15-11-24-18-7-5-4-6-17(15)18/h4-7,11-13,19-20,24H,8-10H2,1-3H3,(H,26,28)(H,27,30). The molecule has 1 aromatic heterocycles. The number of hydrogen-bond acceptors (Lipinski definition) is 5. The van der Waals surface area contributed by atoms with E-state index >= 15 is 0 Å². The Morgan fingerprint density at radius 3 is 2.53 bits per heavy atom. The van der Waals surface area contributed by atoms with Crippen LogP contribution in [0.4, 0.5) is 0 Å². The first-order chi connectivity index (χ1) is 15.2. The fourth-order valence-electron chi connectivity index (χ4n) is 3.23. The van der Waals surface area contributed by atoms with E-state index in [0.717, 1.165) is 22.7 Å². The minimum Gasteiger partial charge on any atom is -0.461 e. The molecule has 170 valence electrons. The first kappa shape index (κ1) is 24.5. The van der Waals surface area contributed by atoms with Crippen molar-refractivity contribution in [1.29, 1.82) is 0 Å². The van der Waals surface area contributed by atoms with E-state index in [0.29, 0.717) is 0 Å². The van der Waals surface area contributed by atoms with Gasteiger partial charge in [-0.1, -0.05) is 18.2 Å². The zero-order valence-corrected chi connectivity index (χ0v) is 18.3. The van der Waals surface area contributed by atoms with Crippen molar-refractivity contribution in [3.05, 3.63) is 41.6 Å². The molecule has 3 N–H and O–H groups in total. The number of carbonyl (C=O) groups excluding carboxylic acids is 4. The minimum absolute atomic E-state index is 0.0535. The molecule has 2 unspecified atom stereocenters. The van der Waals surface area contributed by atoms with Gasteiger partial charge in [0, 0.05) is 36.9 Å². The monoisotopic (exact) mass is 441 g/mol. The van der Waals surface area contributed by atoms with Gasteiger partial charge in [-0.15, -0.1) is 0 Å². The summed E-state index contributed by atoms with van der Waals surface area (Å²) in [7, 11) is 0. The lowest BCUT2D eigenvalue weighted by atomic mass is 10.0. The van der Waals surface area contributed by atoms with Crippen molar-refractivity contribution in [1.82, 2.24) is 15.6 Å². The van der Waals surface area contributed by atoms with Gasteiger partial charge in [-0.05, 0) is 31.9 Å². The maximum Gasteiger partial charge on any atom is 0.328 e. The lowest BCUT2D eigenvalue weighted by molar-refractivity contribution is -0.152. The number of Topliss-reactive ketones (excluding diaryl/α,β-unsaturated/α-hetero) is 1. The Balaban J connectivity index is 2.20. The van der Waals surface area contributed by atoms with Crippen molar-refractivity contribution < 1.29 is 28.7 Å². The number of nitrogens with one attached hydrogen (secondary N) is 3. The molecule has 0 bridgehead atoms. The number of hydrogen-bond donors (Lipinski definition) is 3. The number of aromatic amines is 1. The molecule has 2 atom stereocenters. The third-order valence-corrected chi connectivity index (χ3v) is 4.63. The van der Waals surface area contributed by atoms with Crippen LogP contribution in [0.3, 0.4) is 0 Å². The normalized spacial score (nSPS) is 12.5. The second kappa shape index (κ2) is 11.6. The number of amides is 2. The largest absolute Gasteiger partial charge is 0.461 e. The predicted octanol–water partition coefficient (Wildman–Crippen LogP) is 1.30. The molecule has 32 heavy (non-hydrogen) atoms. The minimum atomic E-state index is -1.11. The molecule has 10 nitrogen and oxygen atoms in total. The summed E-state index contributed by atoms with van der Waals surface area (Å²) in [6, 6.07) is 5.50. The highest BCUT2D eigenvalue weighted by atomic mass is 16.5. The highest BCUT2D eigenvalue weighted by molar-refractivity contribution is 6.25. The van der Waals surface area contributed by atoms with Crippen LogP contribution in [0.15, 0.2) is 30.5 Å². The molecular formula is C22H27N5O5. The number of H-pyrrole nitrogens is 1. The first-order valence-corrected chi connectivity index (χ1v) is 10.2. The zero-order chi connectivity index (χ0) is 23.7. The van der Waals surface area contributed by atoms with Gasteiger partial charge in [0.1, 0.15) is 12.1 Å². The van der Waals surface area contributed by atoms with Gasteiger partial charge in [-0.25, -0.2) is 4.79 Å². The Labute approximate surface area is 185 Å². The van der Waals surface area contributed by atoms with Crippen LogP contribution in [0.1, 0.15) is 39.2 Å². The van der Waals surface area contributed by atoms with Crippen LogP contribution in [-0.2, 0) is 30.3 Å². The molecule has 0 radical (unpaired) electrons. The average molecular weight is 441 g/mol. The predicted molar refractivity (Wildman–Crippen MR) is 117 cm³/mol. The number of aromatic nitrogens is 1. The molecule has 10 heteroatoms. The van der Waals surface area contributed by atoms with Gasteiger partial charge in [0.25, 0.3) is 0 Å². The van der Waals surface area contributed by atoms with Crippen LogP contribution in [-0.4, -0.2) is 57.7 Å². The SMILES string of the molecule is CC(=O)NC(Cc1c[nH]c2ccccc12)C(=O)NC(CCC(=O)C=[N+]=[N-])C(=O)OC(C)C. The quantitative estimate of drug-likeness (QED) is 0.208. The van der Waals surface area contributed by atoms with Crippen molar-refractivity contribution in [3.8, 4) is 0 Å². The maximum absolute atomic E-state index is 13.0. The van der Waals surface area contributed by atoms with Crippen molar-refractivity contribution in [2.75, 3.05) is 0 Å². The zero-order valence-electron chi connectivity index (χ0n) is 18.3. The summed E-state index contributed by atoms with van der Waals surface area (Å²) in [6.45, 7) is 4.63. The summed E-state index contributed by atoms with van der Waals surface area (Å²) >= 11 is 0. The van der Waals surface area contributed by atoms with Crippen molar-refractivity contribution in [2.24, 2.45) is 0 Å². The van der Waals surface area contributed by atoms with E-state index < -0.39 is 41.8 Å². The van der Waals surface area contributed by atoms with Crippen LogP contribution in [0.5, 0.6) is 0 Å². The number of benzene rings is 1. The van der Waals surface area contributed by atoms with Gasteiger partial charge in [0.05, 0.1) is 6.10 Å². The number of ketones is 1. The van der Waals surface area contributed by atoms with Gasteiger partial charge in [-0.3, -0.25) is 14.4 Å². The van der Waals surface area contributed by atoms with E-state index in [1.54, 1.807) is 20.0 Å². The molecule has 0 aliphatic carbocycles. The fourth-order valence-corrected chi connectivity index (χ4v) is 3.23. The lowest BCUT2D eigenvalue weighted by Crippen LogP contribution is -2.52. The maximum atomic E-state index is 13.0. The molecule has 1 aromatic carbocycles. The molecule has 2 amide bonds. The molecular weight excluding hydrogens is 414 g/mol. The van der Waals surface area contributed by atoms with Crippen LogP contribution in [0.25, 0.3) is 16.4 Å². The molecule has 2 aromatic rings. The smallest absolute Gasteiger partial charge is 0.328 e. The van der Waals surface area contributed by atoms with Gasteiger partial charge in [-0.2, -0.15) is 4.79 Å². The highest BCUT2D eigenvalue weighted by Crippen LogP contribution is 2.19. The Kier molecular flexibility index (Phi) is 8.85. The van der Waals surface area contributed by atoms with Crippen molar-refractivity contribution in [2.45, 2.75) is 58.2 Å². The van der Waals surface area contributed by atoms with Crippen LogP contribution >= 0.6 is 0 Å².